The monoisotopic (exact) mass is 266 g/mol. The minimum atomic E-state index is -1.20. The van der Waals surface area contributed by atoms with Crippen LogP contribution in [0.4, 0.5) is 10.2 Å². The number of halogens is 1. The number of hydrogen-bond donors (Lipinski definition) is 2. The number of nitrogens with zero attached hydrogens (tertiary/aromatic N) is 1. The molecule has 0 aromatic carbocycles. The Hall–Kier alpha value is -1.95. The number of anilines is 1. The molecular formula is C12H11FN2O2S. The number of hydrogen-bond acceptors (Lipinski definition) is 4. The molecule has 0 saturated heterocycles. The largest absolute Gasteiger partial charge is 0.478 e. The van der Waals surface area contributed by atoms with E-state index in [1.807, 2.05) is 17.7 Å². The van der Waals surface area contributed by atoms with Gasteiger partial charge in [-0.2, -0.15) is 11.3 Å². The summed E-state index contributed by atoms with van der Waals surface area (Å²) in [6, 6.07) is 0.956. The van der Waals surface area contributed by atoms with Gasteiger partial charge in [0.1, 0.15) is 17.2 Å². The van der Waals surface area contributed by atoms with Gasteiger partial charge >= 0.3 is 5.97 Å². The van der Waals surface area contributed by atoms with Gasteiger partial charge in [-0.25, -0.2) is 14.2 Å². The van der Waals surface area contributed by atoms with Gasteiger partial charge in [0.15, 0.2) is 0 Å². The van der Waals surface area contributed by atoms with E-state index in [9.17, 15) is 9.18 Å². The van der Waals surface area contributed by atoms with Gasteiger partial charge in [0.2, 0.25) is 0 Å². The quantitative estimate of drug-likeness (QED) is 0.893. The third kappa shape index (κ3) is 2.65. The molecule has 0 aliphatic carbocycles. The predicted molar refractivity (Wildman–Crippen MR) is 67.5 cm³/mol. The Balaban J connectivity index is 2.19. The maximum absolute atomic E-state index is 12.9. The summed E-state index contributed by atoms with van der Waals surface area (Å²) >= 11 is 1.58. The van der Waals surface area contributed by atoms with Crippen molar-refractivity contribution >= 4 is 23.1 Å². The molecule has 0 aliphatic rings. The second kappa shape index (κ2) is 5.14. The van der Waals surface area contributed by atoms with Crippen LogP contribution in [0.3, 0.4) is 0 Å². The first-order valence-electron chi connectivity index (χ1n) is 5.22. The van der Waals surface area contributed by atoms with Gasteiger partial charge in [-0.1, -0.05) is 0 Å². The van der Waals surface area contributed by atoms with Crippen LogP contribution in [0.5, 0.6) is 0 Å². The van der Waals surface area contributed by atoms with E-state index in [-0.39, 0.29) is 11.4 Å². The maximum Gasteiger partial charge on any atom is 0.339 e. The summed E-state index contributed by atoms with van der Waals surface area (Å²) in [6.45, 7) is 2.44. The van der Waals surface area contributed by atoms with Crippen molar-refractivity contribution in [3.8, 4) is 0 Å². The number of carbonyl (C=O) groups is 1. The Morgan fingerprint density at radius 3 is 2.94 bits per heavy atom. The molecule has 0 atom stereocenters. The average Bonchev–Trinajstić information content (AvgIpc) is 2.73. The summed E-state index contributed by atoms with van der Waals surface area (Å²) in [5, 5.41) is 15.9. The zero-order valence-corrected chi connectivity index (χ0v) is 10.4. The van der Waals surface area contributed by atoms with E-state index < -0.39 is 11.8 Å². The van der Waals surface area contributed by atoms with Crippen molar-refractivity contribution in [1.29, 1.82) is 0 Å². The summed E-state index contributed by atoms with van der Waals surface area (Å²) in [5.41, 5.74) is 2.04. The Labute approximate surface area is 107 Å². The highest BCUT2D eigenvalue weighted by molar-refractivity contribution is 7.08. The van der Waals surface area contributed by atoms with Gasteiger partial charge in [-0.3, -0.25) is 0 Å². The van der Waals surface area contributed by atoms with Gasteiger partial charge in [0.05, 0.1) is 6.20 Å². The molecule has 0 fully saturated rings. The number of aromatic nitrogens is 1. The van der Waals surface area contributed by atoms with Crippen LogP contribution in [0, 0.1) is 12.7 Å². The van der Waals surface area contributed by atoms with Crippen molar-refractivity contribution in [3.63, 3.8) is 0 Å². The molecule has 0 amide bonds. The molecular weight excluding hydrogens is 255 g/mol. The minimum absolute atomic E-state index is 0.164. The van der Waals surface area contributed by atoms with Crippen LogP contribution in [-0.4, -0.2) is 16.1 Å². The fourth-order valence-corrected chi connectivity index (χ4v) is 2.35. The lowest BCUT2D eigenvalue weighted by Gasteiger charge is -2.08. The number of aromatic carboxylic acids is 1. The van der Waals surface area contributed by atoms with E-state index in [0.29, 0.717) is 6.54 Å². The van der Waals surface area contributed by atoms with E-state index in [0.717, 1.165) is 23.4 Å². The Morgan fingerprint density at radius 2 is 2.33 bits per heavy atom. The molecule has 2 heterocycles. The van der Waals surface area contributed by atoms with Gasteiger partial charge in [0.25, 0.3) is 0 Å². The minimum Gasteiger partial charge on any atom is -0.478 e. The molecule has 2 aromatic rings. The fraction of sp³-hybridized carbons (Fsp3) is 0.167. The van der Waals surface area contributed by atoms with E-state index in [1.54, 1.807) is 11.3 Å². The lowest BCUT2D eigenvalue weighted by atomic mass is 10.2. The second-order valence-electron chi connectivity index (χ2n) is 3.79. The number of aryl methyl sites for hydroxylation is 1. The predicted octanol–water partition coefficient (Wildman–Crippen LogP) is 2.90. The number of pyridine rings is 1. The SMILES string of the molecule is Cc1cscc1CNc1ncc(F)cc1C(=O)O. The molecule has 0 radical (unpaired) electrons. The number of rotatable bonds is 4. The van der Waals surface area contributed by atoms with Crippen molar-refractivity contribution in [2.75, 3.05) is 5.32 Å². The number of carboxylic acid groups (broad SMARTS) is 1. The molecule has 4 nitrogen and oxygen atoms in total. The van der Waals surface area contributed by atoms with Crippen molar-refractivity contribution in [1.82, 2.24) is 4.98 Å². The van der Waals surface area contributed by atoms with Gasteiger partial charge in [-0.05, 0) is 34.9 Å². The van der Waals surface area contributed by atoms with Gasteiger partial charge < -0.3 is 10.4 Å². The van der Waals surface area contributed by atoms with Crippen LogP contribution in [-0.2, 0) is 6.54 Å². The number of nitrogens with one attached hydrogen (secondary N) is 1. The maximum atomic E-state index is 12.9. The zero-order chi connectivity index (χ0) is 13.1. The van der Waals surface area contributed by atoms with Gasteiger partial charge in [-0.15, -0.1) is 0 Å². The first-order valence-corrected chi connectivity index (χ1v) is 6.16. The summed E-state index contributed by atoms with van der Waals surface area (Å²) < 4.78 is 12.9. The first-order chi connectivity index (χ1) is 8.58. The Bertz CT molecular complexity index is 583. The van der Waals surface area contributed by atoms with Crippen LogP contribution in [0.15, 0.2) is 23.0 Å². The van der Waals surface area contributed by atoms with Gasteiger partial charge in [0, 0.05) is 6.54 Å². The lowest BCUT2D eigenvalue weighted by Crippen LogP contribution is -2.09. The molecule has 2 rings (SSSR count). The van der Waals surface area contributed by atoms with Crippen LogP contribution >= 0.6 is 11.3 Å². The van der Waals surface area contributed by atoms with Crippen molar-refractivity contribution in [2.45, 2.75) is 13.5 Å². The zero-order valence-electron chi connectivity index (χ0n) is 9.61. The third-order valence-corrected chi connectivity index (χ3v) is 3.40. The summed E-state index contributed by atoms with van der Waals surface area (Å²) in [7, 11) is 0. The highest BCUT2D eigenvalue weighted by Gasteiger charge is 2.12. The van der Waals surface area contributed by atoms with E-state index in [4.69, 9.17) is 5.11 Å². The number of thiophene rings is 1. The molecule has 0 unspecified atom stereocenters. The molecule has 0 spiro atoms. The second-order valence-corrected chi connectivity index (χ2v) is 4.53. The molecule has 2 N–H and O–H groups in total. The summed E-state index contributed by atoms with van der Waals surface area (Å²) in [4.78, 5) is 14.7. The van der Waals surface area contributed by atoms with Crippen LogP contribution in [0.25, 0.3) is 0 Å². The molecule has 2 aromatic heterocycles. The Morgan fingerprint density at radius 1 is 1.56 bits per heavy atom. The smallest absolute Gasteiger partial charge is 0.339 e. The molecule has 0 aliphatic heterocycles. The van der Waals surface area contributed by atoms with E-state index >= 15 is 0 Å². The van der Waals surface area contributed by atoms with Crippen molar-refractivity contribution in [2.24, 2.45) is 0 Å². The standard InChI is InChI=1S/C12H11FN2O2S/c1-7-5-18-6-8(7)3-14-11-10(12(16)17)2-9(13)4-15-11/h2,4-6H,3H2,1H3,(H,14,15)(H,16,17). The van der Waals surface area contributed by atoms with E-state index in [2.05, 4.69) is 10.3 Å². The van der Waals surface area contributed by atoms with Crippen LogP contribution in [0.1, 0.15) is 21.5 Å². The van der Waals surface area contributed by atoms with Crippen molar-refractivity contribution in [3.05, 3.63) is 45.5 Å². The average molecular weight is 266 g/mol. The molecule has 18 heavy (non-hydrogen) atoms. The lowest BCUT2D eigenvalue weighted by molar-refractivity contribution is 0.0697. The first kappa shape index (κ1) is 12.5. The normalized spacial score (nSPS) is 10.3. The van der Waals surface area contributed by atoms with Crippen LogP contribution in [0.2, 0.25) is 0 Å². The highest BCUT2D eigenvalue weighted by atomic mass is 32.1. The molecule has 94 valence electrons. The Kier molecular flexibility index (Phi) is 3.57. The van der Waals surface area contributed by atoms with E-state index in [1.165, 1.54) is 0 Å². The highest BCUT2D eigenvalue weighted by Crippen LogP contribution is 2.18. The van der Waals surface area contributed by atoms with Crippen LogP contribution < -0.4 is 5.32 Å². The molecule has 6 heteroatoms. The molecule has 0 bridgehead atoms. The molecule has 0 saturated carbocycles. The summed E-state index contributed by atoms with van der Waals surface area (Å²) in [6.07, 6.45) is 0.995. The summed E-state index contributed by atoms with van der Waals surface area (Å²) in [5.74, 6) is -1.69. The topological polar surface area (TPSA) is 62.2 Å². The fourth-order valence-electron chi connectivity index (χ4n) is 1.49. The van der Waals surface area contributed by atoms with Crippen molar-refractivity contribution < 1.29 is 14.3 Å². The third-order valence-electron chi connectivity index (χ3n) is 2.49. The number of carboxylic acids is 1.